The lowest BCUT2D eigenvalue weighted by Crippen LogP contribution is -2.43. The molecule has 39 heavy (non-hydrogen) atoms. The standard InChI is InChI=1S/C30H34N6O2S/c1-2-27(37)31-22-6-5-7-25(20-22)38-29-28-26(14-19-39-28)33-30(34-29)32-21-8-10-23(11-9-21)36-17-12-24(13-18-36)35-15-3-4-16-35/h2,5-11,20,24H,1,3-4,12-19H2,(H,31,37)(H,32,33,34). The van der Waals surface area contributed by atoms with Crippen molar-refractivity contribution in [2.45, 2.75) is 43.0 Å². The van der Waals surface area contributed by atoms with Crippen LogP contribution in [0.15, 0.2) is 66.1 Å². The first-order valence-electron chi connectivity index (χ1n) is 13.8. The number of benzene rings is 2. The fraction of sp³-hybridized carbons (Fsp3) is 0.367. The van der Waals surface area contributed by atoms with Crippen LogP contribution in [0.3, 0.4) is 0 Å². The van der Waals surface area contributed by atoms with Crippen LogP contribution in [0.5, 0.6) is 11.6 Å². The van der Waals surface area contributed by atoms with Gasteiger partial charge in [-0.3, -0.25) is 4.79 Å². The maximum Gasteiger partial charge on any atom is 0.247 e. The smallest absolute Gasteiger partial charge is 0.247 e. The number of thioether (sulfide) groups is 1. The highest BCUT2D eigenvalue weighted by Gasteiger charge is 2.26. The van der Waals surface area contributed by atoms with E-state index in [1.807, 2.05) is 12.1 Å². The van der Waals surface area contributed by atoms with Crippen molar-refractivity contribution in [2.24, 2.45) is 0 Å². The predicted molar refractivity (Wildman–Crippen MR) is 158 cm³/mol. The molecule has 2 aromatic carbocycles. The molecule has 0 radical (unpaired) electrons. The molecule has 6 rings (SSSR count). The molecule has 0 spiro atoms. The molecular weight excluding hydrogens is 508 g/mol. The Morgan fingerprint density at radius 3 is 2.59 bits per heavy atom. The van der Waals surface area contributed by atoms with E-state index in [-0.39, 0.29) is 5.91 Å². The average molecular weight is 543 g/mol. The summed E-state index contributed by atoms with van der Waals surface area (Å²) in [5.41, 5.74) is 3.83. The molecule has 3 aromatic rings. The Labute approximate surface area is 233 Å². The van der Waals surface area contributed by atoms with Crippen molar-refractivity contribution in [1.29, 1.82) is 0 Å². The molecule has 2 N–H and O–H groups in total. The van der Waals surface area contributed by atoms with Gasteiger partial charge in [0.05, 0.1) is 10.6 Å². The second-order valence-electron chi connectivity index (χ2n) is 10.2. The number of fused-ring (bicyclic) bond motifs is 1. The van der Waals surface area contributed by atoms with Crippen LogP contribution in [-0.4, -0.2) is 58.7 Å². The first-order valence-corrected chi connectivity index (χ1v) is 14.7. The quantitative estimate of drug-likeness (QED) is 0.343. The molecule has 2 fully saturated rings. The summed E-state index contributed by atoms with van der Waals surface area (Å²) >= 11 is 1.70. The van der Waals surface area contributed by atoms with E-state index in [2.05, 4.69) is 51.3 Å². The lowest BCUT2D eigenvalue weighted by atomic mass is 10.0. The van der Waals surface area contributed by atoms with Gasteiger partial charge in [0.25, 0.3) is 0 Å². The number of nitrogens with zero attached hydrogens (tertiary/aromatic N) is 4. The van der Waals surface area contributed by atoms with Gasteiger partial charge in [-0.05, 0) is 81.2 Å². The maximum atomic E-state index is 11.7. The molecule has 0 aliphatic carbocycles. The van der Waals surface area contributed by atoms with Gasteiger partial charge in [-0.25, -0.2) is 4.98 Å². The summed E-state index contributed by atoms with van der Waals surface area (Å²) in [6, 6.07) is 16.6. The number of carbonyl (C=O) groups excluding carboxylic acids is 1. The third-order valence-electron chi connectivity index (χ3n) is 7.60. The first-order chi connectivity index (χ1) is 19.1. The van der Waals surface area contributed by atoms with E-state index < -0.39 is 0 Å². The lowest BCUT2D eigenvalue weighted by Gasteiger charge is -2.37. The van der Waals surface area contributed by atoms with Crippen molar-refractivity contribution in [3.8, 4) is 11.6 Å². The van der Waals surface area contributed by atoms with Crippen molar-refractivity contribution < 1.29 is 9.53 Å². The molecule has 202 valence electrons. The fourth-order valence-electron chi connectivity index (χ4n) is 5.59. The summed E-state index contributed by atoms with van der Waals surface area (Å²) in [6.45, 7) is 8.28. The van der Waals surface area contributed by atoms with E-state index in [9.17, 15) is 4.79 Å². The minimum absolute atomic E-state index is 0.269. The van der Waals surface area contributed by atoms with Crippen LogP contribution >= 0.6 is 11.8 Å². The number of nitrogens with one attached hydrogen (secondary N) is 2. The van der Waals surface area contributed by atoms with E-state index in [1.165, 1.54) is 50.5 Å². The highest BCUT2D eigenvalue weighted by molar-refractivity contribution is 7.99. The van der Waals surface area contributed by atoms with E-state index >= 15 is 0 Å². The third-order valence-corrected chi connectivity index (χ3v) is 8.71. The number of hydrogen-bond acceptors (Lipinski definition) is 8. The van der Waals surface area contributed by atoms with Gasteiger partial charge in [-0.15, -0.1) is 11.8 Å². The summed E-state index contributed by atoms with van der Waals surface area (Å²) in [4.78, 5) is 27.3. The van der Waals surface area contributed by atoms with Crippen LogP contribution in [-0.2, 0) is 11.2 Å². The number of likely N-dealkylation sites (tertiary alicyclic amines) is 1. The molecule has 0 atom stereocenters. The Morgan fingerprint density at radius 1 is 1.03 bits per heavy atom. The molecule has 8 nitrogen and oxygen atoms in total. The maximum absolute atomic E-state index is 11.7. The number of ether oxygens (including phenoxy) is 1. The molecule has 0 bridgehead atoms. The van der Waals surface area contributed by atoms with Gasteiger partial charge < -0.3 is 25.2 Å². The van der Waals surface area contributed by atoms with Gasteiger partial charge in [0.2, 0.25) is 17.7 Å². The molecule has 1 aromatic heterocycles. The lowest BCUT2D eigenvalue weighted by molar-refractivity contribution is -0.111. The molecule has 9 heteroatoms. The Balaban J connectivity index is 1.13. The Hall–Kier alpha value is -3.56. The molecule has 2 saturated heterocycles. The zero-order valence-electron chi connectivity index (χ0n) is 22.1. The van der Waals surface area contributed by atoms with Crippen LogP contribution in [0.2, 0.25) is 0 Å². The van der Waals surface area contributed by atoms with Crippen LogP contribution < -0.4 is 20.3 Å². The van der Waals surface area contributed by atoms with E-state index in [0.29, 0.717) is 23.3 Å². The van der Waals surface area contributed by atoms with Crippen molar-refractivity contribution in [3.63, 3.8) is 0 Å². The molecule has 3 aliphatic rings. The number of carbonyl (C=O) groups is 1. The van der Waals surface area contributed by atoms with Crippen LogP contribution in [0.25, 0.3) is 0 Å². The zero-order chi connectivity index (χ0) is 26.6. The molecule has 0 unspecified atom stereocenters. The predicted octanol–water partition coefficient (Wildman–Crippen LogP) is 5.85. The van der Waals surface area contributed by atoms with Crippen LogP contribution in [0.1, 0.15) is 31.4 Å². The van der Waals surface area contributed by atoms with Gasteiger partial charge in [0.15, 0.2) is 0 Å². The largest absolute Gasteiger partial charge is 0.438 e. The number of rotatable bonds is 8. The summed E-state index contributed by atoms with van der Waals surface area (Å²) in [6.07, 6.45) is 7.31. The van der Waals surface area contributed by atoms with Crippen LogP contribution in [0, 0.1) is 0 Å². The number of anilines is 4. The average Bonchev–Trinajstić information content (AvgIpc) is 3.67. The SMILES string of the molecule is C=CC(=O)Nc1cccc(Oc2nc(Nc3ccc(N4CCC(N5CCCC5)CC4)cc3)nc3c2SCC3)c1. The van der Waals surface area contributed by atoms with E-state index in [0.717, 1.165) is 47.6 Å². The van der Waals surface area contributed by atoms with E-state index in [4.69, 9.17) is 14.7 Å². The number of piperidine rings is 1. The second kappa shape index (κ2) is 11.7. The topological polar surface area (TPSA) is 82.6 Å². The number of aryl methyl sites for hydroxylation is 1. The highest BCUT2D eigenvalue weighted by atomic mass is 32.2. The minimum atomic E-state index is -0.269. The summed E-state index contributed by atoms with van der Waals surface area (Å²) in [5.74, 6) is 2.31. The number of hydrogen-bond donors (Lipinski definition) is 2. The number of amides is 1. The Bertz CT molecular complexity index is 1330. The van der Waals surface area contributed by atoms with Gasteiger partial charge in [0.1, 0.15) is 5.75 Å². The third kappa shape index (κ3) is 6.04. The van der Waals surface area contributed by atoms with Crippen molar-refractivity contribution in [1.82, 2.24) is 14.9 Å². The summed E-state index contributed by atoms with van der Waals surface area (Å²) in [7, 11) is 0. The van der Waals surface area contributed by atoms with Crippen LogP contribution in [0.4, 0.5) is 23.0 Å². The van der Waals surface area contributed by atoms with Crippen molar-refractivity contribution in [2.75, 3.05) is 47.5 Å². The second-order valence-corrected chi connectivity index (χ2v) is 11.3. The highest BCUT2D eigenvalue weighted by Crippen LogP contribution is 2.40. The summed E-state index contributed by atoms with van der Waals surface area (Å²) in [5, 5.41) is 6.14. The zero-order valence-corrected chi connectivity index (χ0v) is 22.9. The summed E-state index contributed by atoms with van der Waals surface area (Å²) < 4.78 is 6.20. The number of aromatic nitrogens is 2. The molecule has 1 amide bonds. The minimum Gasteiger partial charge on any atom is -0.438 e. The first kappa shape index (κ1) is 25.7. The Kier molecular flexibility index (Phi) is 7.69. The van der Waals surface area contributed by atoms with E-state index in [1.54, 1.807) is 23.9 Å². The molecular formula is C30H34N6O2S. The molecule has 0 saturated carbocycles. The van der Waals surface area contributed by atoms with Crippen molar-refractivity contribution >= 4 is 40.7 Å². The van der Waals surface area contributed by atoms with Gasteiger partial charge in [0, 0.05) is 54.4 Å². The fourth-order valence-corrected chi connectivity index (χ4v) is 6.61. The normalized spacial score (nSPS) is 17.6. The Morgan fingerprint density at radius 2 is 1.82 bits per heavy atom. The molecule has 4 heterocycles. The van der Waals surface area contributed by atoms with Gasteiger partial charge in [-0.1, -0.05) is 12.6 Å². The van der Waals surface area contributed by atoms with Gasteiger partial charge in [-0.2, -0.15) is 4.98 Å². The monoisotopic (exact) mass is 542 g/mol. The molecule has 3 aliphatic heterocycles. The van der Waals surface area contributed by atoms with Gasteiger partial charge >= 0.3 is 0 Å². The van der Waals surface area contributed by atoms with Crippen molar-refractivity contribution in [3.05, 3.63) is 66.9 Å².